The number of hydroxylamine groups is 1. The van der Waals surface area contributed by atoms with Crippen LogP contribution in [0.25, 0.3) is 11.3 Å². The van der Waals surface area contributed by atoms with E-state index in [4.69, 9.17) is 29.1 Å². The quantitative estimate of drug-likeness (QED) is 0.130. The van der Waals surface area contributed by atoms with Crippen molar-refractivity contribution in [2.45, 2.75) is 13.2 Å². The molecule has 1 aliphatic heterocycles. The van der Waals surface area contributed by atoms with Crippen LogP contribution >= 0.6 is 0 Å². The first-order valence-electron chi connectivity index (χ1n) is 13.1. The monoisotopic (exact) mass is 554 g/mol. The summed E-state index contributed by atoms with van der Waals surface area (Å²) >= 11 is 0. The van der Waals surface area contributed by atoms with E-state index in [2.05, 4.69) is 16.4 Å². The number of hydrogen-bond donors (Lipinski definition) is 3. The van der Waals surface area contributed by atoms with Crippen LogP contribution in [0.3, 0.4) is 0 Å². The lowest BCUT2D eigenvalue weighted by atomic mass is 10.1. The largest absolute Gasteiger partial charge is 0.490 e. The fraction of sp³-hybridized carbons (Fsp3) is 0.194. The second-order valence-corrected chi connectivity index (χ2v) is 9.08. The van der Waals surface area contributed by atoms with Crippen molar-refractivity contribution in [2.75, 3.05) is 31.7 Å². The second-order valence-electron chi connectivity index (χ2n) is 9.08. The van der Waals surface area contributed by atoms with E-state index >= 15 is 0 Å². The molecule has 1 aromatic heterocycles. The number of amides is 1. The van der Waals surface area contributed by atoms with Crippen LogP contribution in [0.1, 0.15) is 21.5 Å². The first-order chi connectivity index (χ1) is 20.2. The van der Waals surface area contributed by atoms with Gasteiger partial charge >= 0.3 is 0 Å². The van der Waals surface area contributed by atoms with Gasteiger partial charge in [0.05, 0.1) is 32.1 Å². The van der Waals surface area contributed by atoms with E-state index in [0.717, 1.165) is 28.1 Å². The van der Waals surface area contributed by atoms with Crippen molar-refractivity contribution >= 4 is 17.5 Å². The molecule has 10 nitrogen and oxygen atoms in total. The molecule has 0 atom stereocenters. The van der Waals surface area contributed by atoms with Crippen LogP contribution in [0.2, 0.25) is 0 Å². The number of rotatable bonds is 6. The molecular formula is C31H30N4O6. The van der Waals surface area contributed by atoms with Crippen molar-refractivity contribution in [2.24, 2.45) is 0 Å². The number of carbonyl (C=O) groups is 1. The zero-order chi connectivity index (χ0) is 28.3. The van der Waals surface area contributed by atoms with Crippen molar-refractivity contribution < 1.29 is 28.9 Å². The van der Waals surface area contributed by atoms with E-state index in [0.29, 0.717) is 56.0 Å². The maximum atomic E-state index is 11.5. The highest BCUT2D eigenvalue weighted by Gasteiger charge is 2.10. The van der Waals surface area contributed by atoms with Crippen LogP contribution in [0.15, 0.2) is 91.1 Å². The Balaban J connectivity index is 1.28. The topological polar surface area (TPSA) is 124 Å². The van der Waals surface area contributed by atoms with Gasteiger partial charge in [-0.15, -0.1) is 0 Å². The lowest BCUT2D eigenvalue weighted by Crippen LogP contribution is -2.18. The summed E-state index contributed by atoms with van der Waals surface area (Å²) in [5.74, 6) is 1.14. The smallest absolute Gasteiger partial charge is 0.274 e. The Morgan fingerprint density at radius 2 is 1.73 bits per heavy atom. The van der Waals surface area contributed by atoms with Crippen LogP contribution in [0.4, 0.5) is 11.6 Å². The molecule has 1 aliphatic rings. The highest BCUT2D eigenvalue weighted by Crippen LogP contribution is 2.27. The Bertz CT molecular complexity index is 1490. The summed E-state index contributed by atoms with van der Waals surface area (Å²) in [4.78, 5) is 20.6. The van der Waals surface area contributed by atoms with Crippen LogP contribution in [0, 0.1) is 0 Å². The zero-order valence-corrected chi connectivity index (χ0v) is 22.3. The fourth-order valence-corrected chi connectivity index (χ4v) is 4.14. The minimum atomic E-state index is -0.584. The third kappa shape index (κ3) is 7.89. The van der Waals surface area contributed by atoms with Crippen LogP contribution in [-0.2, 0) is 22.7 Å². The van der Waals surface area contributed by atoms with E-state index in [-0.39, 0.29) is 6.61 Å². The molecule has 1 amide bonds. The van der Waals surface area contributed by atoms with Crippen molar-refractivity contribution in [3.63, 3.8) is 0 Å². The summed E-state index contributed by atoms with van der Waals surface area (Å²) in [5, 5.41) is 12.0. The van der Waals surface area contributed by atoms with Gasteiger partial charge in [0.15, 0.2) is 0 Å². The predicted octanol–water partition coefficient (Wildman–Crippen LogP) is 5.07. The lowest BCUT2D eigenvalue weighted by molar-refractivity contribution is 0.0706. The molecule has 10 heteroatoms. The van der Waals surface area contributed by atoms with Gasteiger partial charge in [0.2, 0.25) is 5.95 Å². The Morgan fingerprint density at radius 1 is 0.927 bits per heavy atom. The Morgan fingerprint density at radius 3 is 2.56 bits per heavy atom. The molecule has 3 N–H and O–H groups in total. The van der Waals surface area contributed by atoms with E-state index in [1.54, 1.807) is 35.9 Å². The average molecular weight is 555 g/mol. The van der Waals surface area contributed by atoms with Crippen molar-refractivity contribution in [3.05, 3.63) is 108 Å². The summed E-state index contributed by atoms with van der Waals surface area (Å²) in [5.41, 5.74) is 6.44. The highest BCUT2D eigenvalue weighted by atomic mass is 16.5. The standard InChI is InChI=1S/C31H30N4O6/c36-30(35-37)23-6-9-27(10-7-23)40-16-17-41-29-11-8-26-19-25(29)21-39-15-2-1-14-38-20-22-4-3-5-24(18-22)28-12-13-32-31(33-26)34-28/h1-13,18-19,37H,14-17,20-21H2,(H,35,36)(H,32,33,34)/b2-1+. The number of ether oxygens (including phenoxy) is 4. The second kappa shape index (κ2) is 14.0. The van der Waals surface area contributed by atoms with Crippen LogP contribution < -0.4 is 20.3 Å². The van der Waals surface area contributed by atoms with Crippen LogP contribution in [-0.4, -0.2) is 47.5 Å². The van der Waals surface area contributed by atoms with Gasteiger partial charge in [-0.05, 0) is 60.2 Å². The SMILES string of the molecule is O=C(NO)c1ccc(OCCOc2ccc3cc2COC/C=C/COCc2cccc(c2)-c2ccnc(n2)N3)cc1. The third-order valence-corrected chi connectivity index (χ3v) is 6.14. The van der Waals surface area contributed by atoms with Gasteiger partial charge in [-0.1, -0.05) is 30.4 Å². The summed E-state index contributed by atoms with van der Waals surface area (Å²) in [6.07, 6.45) is 5.61. The maximum absolute atomic E-state index is 11.5. The van der Waals surface area contributed by atoms with E-state index < -0.39 is 5.91 Å². The van der Waals surface area contributed by atoms with E-state index in [1.165, 1.54) is 0 Å². The number of anilines is 2. The normalized spacial score (nSPS) is 14.1. The number of hydrogen-bond acceptors (Lipinski definition) is 9. The molecule has 4 aromatic rings. The molecule has 0 aliphatic carbocycles. The minimum absolute atomic E-state index is 0.288. The predicted molar refractivity (Wildman–Crippen MR) is 152 cm³/mol. The van der Waals surface area contributed by atoms with Gasteiger partial charge in [-0.2, -0.15) is 0 Å². The number of carbonyl (C=O) groups excluding carboxylic acids is 1. The number of nitrogens with zero attached hydrogens (tertiary/aromatic N) is 2. The Hall–Kier alpha value is -4.77. The van der Waals surface area contributed by atoms with Crippen LogP contribution in [0.5, 0.6) is 11.5 Å². The zero-order valence-electron chi connectivity index (χ0n) is 22.3. The van der Waals surface area contributed by atoms with Crippen molar-refractivity contribution in [1.29, 1.82) is 0 Å². The number of benzene rings is 3. The van der Waals surface area contributed by atoms with Gasteiger partial charge < -0.3 is 24.3 Å². The summed E-state index contributed by atoms with van der Waals surface area (Å²) in [6.45, 7) is 2.31. The molecule has 0 radical (unpaired) electrons. The molecule has 210 valence electrons. The van der Waals surface area contributed by atoms with Gasteiger partial charge in [-0.25, -0.2) is 15.4 Å². The first kappa shape index (κ1) is 27.8. The lowest BCUT2D eigenvalue weighted by Gasteiger charge is -2.15. The van der Waals surface area contributed by atoms with Gasteiger partial charge in [0, 0.05) is 28.6 Å². The first-order valence-corrected chi connectivity index (χ1v) is 13.1. The molecule has 0 unspecified atom stereocenters. The van der Waals surface area contributed by atoms with Gasteiger partial charge in [0.1, 0.15) is 24.7 Å². The summed E-state index contributed by atoms with van der Waals surface area (Å²) < 4.78 is 23.4. The fourth-order valence-electron chi connectivity index (χ4n) is 4.14. The minimum Gasteiger partial charge on any atom is -0.490 e. The number of nitrogens with one attached hydrogen (secondary N) is 2. The molecule has 0 spiro atoms. The summed E-state index contributed by atoms with van der Waals surface area (Å²) in [6, 6.07) is 22.1. The van der Waals surface area contributed by atoms with E-state index in [1.807, 2.05) is 54.6 Å². The van der Waals surface area contributed by atoms with Crippen molar-refractivity contribution in [3.8, 4) is 22.8 Å². The molecule has 41 heavy (non-hydrogen) atoms. The third-order valence-electron chi connectivity index (χ3n) is 6.14. The number of aromatic nitrogens is 2. The molecule has 2 heterocycles. The number of fused-ring (bicyclic) bond motifs is 7. The summed E-state index contributed by atoms with van der Waals surface area (Å²) in [7, 11) is 0. The molecular weight excluding hydrogens is 524 g/mol. The molecule has 0 saturated carbocycles. The maximum Gasteiger partial charge on any atom is 0.274 e. The Labute approximate surface area is 237 Å². The molecule has 0 fully saturated rings. The molecule has 5 rings (SSSR count). The van der Waals surface area contributed by atoms with E-state index in [9.17, 15) is 4.79 Å². The molecule has 0 saturated heterocycles. The van der Waals surface area contributed by atoms with Crippen molar-refractivity contribution in [1.82, 2.24) is 15.4 Å². The average Bonchev–Trinajstić information content (AvgIpc) is 3.01. The Kier molecular flexibility index (Phi) is 9.51. The van der Waals surface area contributed by atoms with Gasteiger partial charge in [-0.3, -0.25) is 10.0 Å². The highest BCUT2D eigenvalue weighted by molar-refractivity contribution is 5.93. The molecule has 3 aromatic carbocycles. The molecule has 6 bridgehead atoms. The van der Waals surface area contributed by atoms with Gasteiger partial charge in [0.25, 0.3) is 5.91 Å².